The molecule has 0 aliphatic heterocycles. The van der Waals surface area contributed by atoms with Gasteiger partial charge in [-0.1, -0.05) is 133 Å². The van der Waals surface area contributed by atoms with Crippen LogP contribution in [0.15, 0.2) is 182 Å². The maximum atomic E-state index is 9.78. The number of hydrogen-bond acceptors (Lipinski definition) is 2. The Morgan fingerprint density at radius 3 is 0.967 bits per heavy atom. The first-order valence-electron chi connectivity index (χ1n) is 20.4. The SMILES string of the molecule is Cc1cc(-c2cccc(-c3ccc4c5ccccc5c5ccc(C#N)cc5c4c3)c2)c(C)cc1-c1cccc(-c2ccc3c4ccccc4c4ccc(C#N)cc4c3c2)c1. The van der Waals surface area contributed by atoms with Gasteiger partial charge in [-0.15, -0.1) is 0 Å². The Morgan fingerprint density at radius 2 is 0.583 bits per heavy atom. The average molecular weight is 761 g/mol. The number of hydrogen-bond donors (Lipinski definition) is 0. The van der Waals surface area contributed by atoms with Crippen molar-refractivity contribution in [2.24, 2.45) is 0 Å². The fourth-order valence-electron chi connectivity index (χ4n) is 9.58. The third kappa shape index (κ3) is 5.62. The summed E-state index contributed by atoms with van der Waals surface area (Å²) in [5, 5.41) is 33.6. The highest BCUT2D eigenvalue weighted by atomic mass is 14.2. The third-order valence-corrected chi connectivity index (χ3v) is 12.5. The van der Waals surface area contributed by atoms with Crippen molar-refractivity contribution in [2.75, 3.05) is 0 Å². The van der Waals surface area contributed by atoms with Crippen LogP contribution in [0, 0.1) is 36.5 Å². The molecule has 0 saturated heterocycles. The molecule has 0 saturated carbocycles. The molecule has 11 aromatic rings. The largest absolute Gasteiger partial charge is 0.192 e. The minimum Gasteiger partial charge on any atom is -0.192 e. The Labute approximate surface area is 348 Å². The number of nitrogens with zero attached hydrogens (tertiary/aromatic N) is 2. The lowest BCUT2D eigenvalue weighted by Crippen LogP contribution is -1.91. The van der Waals surface area contributed by atoms with Crippen molar-refractivity contribution in [2.45, 2.75) is 13.8 Å². The maximum absolute atomic E-state index is 9.78. The van der Waals surface area contributed by atoms with Crippen molar-refractivity contribution in [3.8, 4) is 56.6 Å². The van der Waals surface area contributed by atoms with Crippen molar-refractivity contribution < 1.29 is 0 Å². The van der Waals surface area contributed by atoms with Gasteiger partial charge in [-0.2, -0.15) is 10.5 Å². The van der Waals surface area contributed by atoms with Crippen molar-refractivity contribution in [1.29, 1.82) is 10.5 Å². The van der Waals surface area contributed by atoms with Crippen molar-refractivity contribution >= 4 is 64.6 Å². The molecule has 0 unspecified atom stereocenters. The molecule has 0 atom stereocenters. The molecule has 60 heavy (non-hydrogen) atoms. The summed E-state index contributed by atoms with van der Waals surface area (Å²) in [6.45, 7) is 4.42. The molecule has 0 spiro atoms. The highest BCUT2D eigenvalue weighted by molar-refractivity contribution is 6.27. The van der Waals surface area contributed by atoms with Crippen LogP contribution >= 0.6 is 0 Å². The molecule has 0 amide bonds. The fourth-order valence-corrected chi connectivity index (χ4v) is 9.58. The number of aryl methyl sites for hydroxylation is 2. The van der Waals surface area contributed by atoms with E-state index in [0.29, 0.717) is 11.1 Å². The molecule has 2 nitrogen and oxygen atoms in total. The standard InChI is InChI=1S/C58H36N2/c1-35-25-54(44-12-8-10-40(30-44)42-20-24-52-48-16-6-4-14-46(48)50-22-18-38(34-60)28-56(50)58(52)32-42)36(2)26-53(35)43-11-7-9-39(29-43)41-19-23-51-47-15-5-3-13-45(47)49-21-17-37(33-59)27-55(49)57(51)31-41/h3-32H,1-2H3. The van der Waals surface area contributed by atoms with Crippen LogP contribution in [-0.4, -0.2) is 0 Å². The van der Waals surface area contributed by atoms with Gasteiger partial charge in [-0.25, -0.2) is 0 Å². The van der Waals surface area contributed by atoms with Gasteiger partial charge >= 0.3 is 0 Å². The molecule has 11 rings (SSSR count). The Morgan fingerprint density at radius 1 is 0.267 bits per heavy atom. The van der Waals surface area contributed by atoms with Crippen molar-refractivity contribution in [3.63, 3.8) is 0 Å². The van der Waals surface area contributed by atoms with Gasteiger partial charge in [0.1, 0.15) is 0 Å². The number of nitriles is 2. The van der Waals surface area contributed by atoms with E-state index in [2.05, 4.69) is 184 Å². The van der Waals surface area contributed by atoms with Gasteiger partial charge in [0.15, 0.2) is 0 Å². The van der Waals surface area contributed by atoms with E-state index in [4.69, 9.17) is 0 Å². The quantitative estimate of drug-likeness (QED) is 0.168. The van der Waals surface area contributed by atoms with Gasteiger partial charge in [-0.05, 0) is 183 Å². The summed E-state index contributed by atoms with van der Waals surface area (Å²) >= 11 is 0. The van der Waals surface area contributed by atoms with Gasteiger partial charge in [-0.3, -0.25) is 0 Å². The summed E-state index contributed by atoms with van der Waals surface area (Å²) in [6, 6.07) is 69.8. The van der Waals surface area contributed by atoms with Crippen LogP contribution in [0.1, 0.15) is 22.3 Å². The summed E-state index contributed by atoms with van der Waals surface area (Å²) in [6.07, 6.45) is 0. The zero-order valence-corrected chi connectivity index (χ0v) is 33.2. The van der Waals surface area contributed by atoms with Crippen molar-refractivity contribution in [3.05, 3.63) is 204 Å². The van der Waals surface area contributed by atoms with E-state index >= 15 is 0 Å². The van der Waals surface area contributed by atoms with Crippen molar-refractivity contribution in [1.82, 2.24) is 0 Å². The summed E-state index contributed by atoms with van der Waals surface area (Å²) in [5.41, 5.74) is 13.2. The molecule has 0 N–H and O–H groups in total. The molecule has 0 fully saturated rings. The monoisotopic (exact) mass is 760 g/mol. The minimum atomic E-state index is 0.666. The Balaban J connectivity index is 0.972. The van der Waals surface area contributed by atoms with Crippen LogP contribution in [0.2, 0.25) is 0 Å². The van der Waals surface area contributed by atoms with Gasteiger partial charge < -0.3 is 0 Å². The van der Waals surface area contributed by atoms with Crippen LogP contribution in [0.5, 0.6) is 0 Å². The molecule has 0 aromatic heterocycles. The molecule has 11 aromatic carbocycles. The third-order valence-electron chi connectivity index (χ3n) is 12.5. The van der Waals surface area contributed by atoms with E-state index in [1.807, 2.05) is 24.3 Å². The zero-order valence-electron chi connectivity index (χ0n) is 33.2. The molecule has 0 aliphatic rings. The summed E-state index contributed by atoms with van der Waals surface area (Å²) in [4.78, 5) is 0. The first kappa shape index (κ1) is 35.1. The minimum absolute atomic E-state index is 0.666. The summed E-state index contributed by atoms with van der Waals surface area (Å²) < 4.78 is 0. The number of fused-ring (bicyclic) bond motifs is 12. The maximum Gasteiger partial charge on any atom is 0.0991 e. The number of benzene rings is 11. The molecule has 0 aliphatic carbocycles. The molecule has 2 heteroatoms. The zero-order chi connectivity index (χ0) is 40.5. The van der Waals surface area contributed by atoms with Crippen LogP contribution in [0.4, 0.5) is 0 Å². The average Bonchev–Trinajstić information content (AvgIpc) is 3.31. The topological polar surface area (TPSA) is 47.6 Å². The Hall–Kier alpha value is -8.04. The smallest absolute Gasteiger partial charge is 0.0991 e. The van der Waals surface area contributed by atoms with E-state index in [-0.39, 0.29) is 0 Å². The summed E-state index contributed by atoms with van der Waals surface area (Å²) in [7, 11) is 0. The van der Waals surface area contributed by atoms with Gasteiger partial charge in [0.25, 0.3) is 0 Å². The normalized spacial score (nSPS) is 11.5. The second-order valence-corrected chi connectivity index (χ2v) is 16.0. The predicted molar refractivity (Wildman–Crippen MR) is 252 cm³/mol. The van der Waals surface area contributed by atoms with E-state index in [1.54, 1.807) is 0 Å². The lowest BCUT2D eigenvalue weighted by Gasteiger charge is -2.16. The fraction of sp³-hybridized carbons (Fsp3) is 0.0345. The van der Waals surface area contributed by atoms with Crippen LogP contribution in [0.25, 0.3) is 109 Å². The highest BCUT2D eigenvalue weighted by Gasteiger charge is 2.15. The van der Waals surface area contributed by atoms with E-state index in [9.17, 15) is 10.5 Å². The van der Waals surface area contributed by atoms with E-state index < -0.39 is 0 Å². The van der Waals surface area contributed by atoms with Gasteiger partial charge in [0.05, 0.1) is 23.3 Å². The molecular weight excluding hydrogens is 725 g/mol. The lowest BCUT2D eigenvalue weighted by molar-refractivity contribution is 1.39. The molecular formula is C58H36N2. The first-order valence-corrected chi connectivity index (χ1v) is 20.4. The Bertz CT molecular complexity index is 3460. The van der Waals surface area contributed by atoms with Crippen LogP contribution < -0.4 is 0 Å². The summed E-state index contributed by atoms with van der Waals surface area (Å²) in [5.74, 6) is 0. The second-order valence-electron chi connectivity index (χ2n) is 16.0. The number of rotatable bonds is 4. The van der Waals surface area contributed by atoms with Crippen LogP contribution in [0.3, 0.4) is 0 Å². The predicted octanol–water partition coefficient (Wildman–Crippen LogP) is 15.6. The molecule has 0 heterocycles. The molecule has 0 radical (unpaired) electrons. The molecule has 278 valence electrons. The molecule has 0 bridgehead atoms. The Kier molecular flexibility index (Phi) is 8.09. The van der Waals surface area contributed by atoms with Gasteiger partial charge in [0, 0.05) is 0 Å². The first-order chi connectivity index (χ1) is 29.4. The van der Waals surface area contributed by atoms with Crippen LogP contribution in [-0.2, 0) is 0 Å². The second kappa shape index (κ2) is 13.8. The van der Waals surface area contributed by atoms with E-state index in [1.165, 1.54) is 65.7 Å². The van der Waals surface area contributed by atoms with E-state index in [0.717, 1.165) is 54.6 Å². The van der Waals surface area contributed by atoms with Gasteiger partial charge in [0.2, 0.25) is 0 Å². The lowest BCUT2D eigenvalue weighted by atomic mass is 9.88. The highest BCUT2D eigenvalue weighted by Crippen LogP contribution is 2.41.